The maximum absolute atomic E-state index is 12.8. The first-order valence-corrected chi connectivity index (χ1v) is 8.45. The molecule has 26 heavy (non-hydrogen) atoms. The van der Waals surface area contributed by atoms with Crippen LogP contribution < -0.4 is 0 Å². The second-order valence-corrected chi connectivity index (χ2v) is 6.61. The van der Waals surface area contributed by atoms with Crippen LogP contribution in [0, 0.1) is 0 Å². The summed E-state index contributed by atoms with van der Waals surface area (Å²) in [4.78, 5) is 21.0. The molecule has 8 heteroatoms. The van der Waals surface area contributed by atoms with E-state index in [1.165, 1.54) is 12.3 Å². The lowest BCUT2D eigenvalue weighted by Crippen LogP contribution is -2.09. The van der Waals surface area contributed by atoms with E-state index in [1.54, 1.807) is 42.2 Å². The van der Waals surface area contributed by atoms with Gasteiger partial charge in [0.25, 0.3) is 0 Å². The summed E-state index contributed by atoms with van der Waals surface area (Å²) >= 11 is 1.08. The van der Waals surface area contributed by atoms with Crippen molar-refractivity contribution in [3.63, 3.8) is 0 Å². The van der Waals surface area contributed by atoms with Crippen molar-refractivity contribution in [1.29, 1.82) is 0 Å². The SMILES string of the molecule is Cn1c(C(=O)Cc2cccnc2)cnc1Sc1cccc(C(F)(F)F)c1. The third-order valence-corrected chi connectivity index (χ3v) is 4.74. The third-order valence-electron chi connectivity index (χ3n) is 3.69. The number of halogens is 3. The minimum atomic E-state index is -4.40. The van der Waals surface area contributed by atoms with Gasteiger partial charge in [0.15, 0.2) is 10.9 Å². The molecule has 0 fully saturated rings. The number of carbonyl (C=O) groups excluding carboxylic acids is 1. The highest BCUT2D eigenvalue weighted by molar-refractivity contribution is 7.99. The summed E-state index contributed by atoms with van der Waals surface area (Å²) in [7, 11) is 1.67. The largest absolute Gasteiger partial charge is 0.416 e. The molecule has 0 atom stereocenters. The van der Waals surface area contributed by atoms with Crippen LogP contribution in [-0.2, 0) is 19.6 Å². The van der Waals surface area contributed by atoms with Gasteiger partial charge in [-0.1, -0.05) is 23.9 Å². The van der Waals surface area contributed by atoms with Crippen LogP contribution in [0.3, 0.4) is 0 Å². The second kappa shape index (κ2) is 7.33. The number of imidazole rings is 1. The lowest BCUT2D eigenvalue weighted by Gasteiger charge is -2.09. The number of hydrogen-bond acceptors (Lipinski definition) is 4. The van der Waals surface area contributed by atoms with E-state index in [0.29, 0.717) is 15.7 Å². The van der Waals surface area contributed by atoms with Crippen molar-refractivity contribution >= 4 is 17.5 Å². The molecule has 0 N–H and O–H groups in total. The van der Waals surface area contributed by atoms with Gasteiger partial charge >= 0.3 is 6.18 Å². The summed E-state index contributed by atoms with van der Waals surface area (Å²) in [6.07, 6.45) is 0.465. The number of ketones is 1. The van der Waals surface area contributed by atoms with Crippen LogP contribution in [0.1, 0.15) is 21.6 Å². The fourth-order valence-electron chi connectivity index (χ4n) is 2.37. The van der Waals surface area contributed by atoms with Crippen molar-refractivity contribution in [1.82, 2.24) is 14.5 Å². The molecule has 0 saturated carbocycles. The Kier molecular flexibility index (Phi) is 5.13. The van der Waals surface area contributed by atoms with Gasteiger partial charge in [-0.2, -0.15) is 13.2 Å². The molecule has 0 aliphatic carbocycles. The number of nitrogens with zero attached hydrogens (tertiary/aromatic N) is 3. The predicted octanol–water partition coefficient (Wildman–Crippen LogP) is 4.41. The van der Waals surface area contributed by atoms with E-state index < -0.39 is 11.7 Å². The molecule has 134 valence electrons. The van der Waals surface area contributed by atoms with Gasteiger partial charge in [0, 0.05) is 30.8 Å². The topological polar surface area (TPSA) is 47.8 Å². The van der Waals surface area contributed by atoms with Crippen molar-refractivity contribution in [2.45, 2.75) is 22.6 Å². The van der Waals surface area contributed by atoms with Crippen LogP contribution in [0.15, 0.2) is 65.0 Å². The summed E-state index contributed by atoms with van der Waals surface area (Å²) in [6, 6.07) is 8.57. The van der Waals surface area contributed by atoms with E-state index in [1.807, 2.05) is 0 Å². The highest BCUT2D eigenvalue weighted by atomic mass is 32.2. The summed E-state index contributed by atoms with van der Waals surface area (Å²) in [6.45, 7) is 0. The molecule has 3 aromatic rings. The van der Waals surface area contributed by atoms with Crippen molar-refractivity contribution in [2.24, 2.45) is 7.05 Å². The lowest BCUT2D eigenvalue weighted by molar-refractivity contribution is -0.137. The Labute approximate surface area is 152 Å². The molecule has 0 aliphatic rings. The summed E-state index contributed by atoms with van der Waals surface area (Å²) in [5.41, 5.74) is 0.457. The molecule has 3 rings (SSSR count). The van der Waals surface area contributed by atoms with Crippen LogP contribution >= 0.6 is 11.8 Å². The van der Waals surface area contributed by atoms with E-state index in [0.717, 1.165) is 29.5 Å². The summed E-state index contributed by atoms with van der Waals surface area (Å²) in [5, 5.41) is 0.443. The van der Waals surface area contributed by atoms with Crippen LogP contribution in [0.25, 0.3) is 0 Å². The molecule has 4 nitrogen and oxygen atoms in total. The first kappa shape index (κ1) is 18.2. The molecular weight excluding hydrogens is 363 g/mol. The van der Waals surface area contributed by atoms with Crippen LogP contribution in [0.5, 0.6) is 0 Å². The van der Waals surface area contributed by atoms with Crippen LogP contribution in [0.2, 0.25) is 0 Å². The van der Waals surface area contributed by atoms with E-state index in [-0.39, 0.29) is 12.2 Å². The van der Waals surface area contributed by atoms with E-state index in [4.69, 9.17) is 0 Å². The van der Waals surface area contributed by atoms with E-state index >= 15 is 0 Å². The average Bonchev–Trinajstić information content (AvgIpc) is 2.96. The van der Waals surface area contributed by atoms with Gasteiger partial charge in [-0.25, -0.2) is 4.98 Å². The zero-order chi connectivity index (χ0) is 18.7. The number of carbonyl (C=O) groups is 1. The first-order valence-electron chi connectivity index (χ1n) is 7.63. The Hall–Kier alpha value is -2.61. The Balaban J connectivity index is 1.78. The standard InChI is InChI=1S/C18H14F3N3OS/c1-24-15(16(25)8-12-4-3-7-22-10-12)11-23-17(24)26-14-6-2-5-13(9-14)18(19,20)21/h2-7,9-11H,8H2,1H3. The Morgan fingerprint density at radius 3 is 2.69 bits per heavy atom. The number of benzene rings is 1. The summed E-state index contributed by atoms with van der Waals surface area (Å²) in [5.74, 6) is -0.135. The van der Waals surface area contributed by atoms with Crippen molar-refractivity contribution in [2.75, 3.05) is 0 Å². The maximum Gasteiger partial charge on any atom is 0.416 e. The molecule has 0 radical (unpaired) electrons. The first-order chi connectivity index (χ1) is 12.3. The molecule has 0 amide bonds. The van der Waals surface area contributed by atoms with Gasteiger partial charge in [-0.15, -0.1) is 0 Å². The fourth-order valence-corrected chi connectivity index (χ4v) is 3.25. The zero-order valence-electron chi connectivity index (χ0n) is 13.7. The number of pyridine rings is 1. The van der Waals surface area contributed by atoms with Crippen LogP contribution in [0.4, 0.5) is 13.2 Å². The number of hydrogen-bond donors (Lipinski definition) is 0. The maximum atomic E-state index is 12.8. The number of Topliss-reactive ketones (excluding diaryl/α,β-unsaturated/α-hetero) is 1. The fraction of sp³-hybridized carbons (Fsp3) is 0.167. The molecule has 1 aromatic carbocycles. The minimum absolute atomic E-state index is 0.135. The molecule has 0 bridgehead atoms. The van der Waals surface area contributed by atoms with Gasteiger partial charge in [0.1, 0.15) is 5.69 Å². The zero-order valence-corrected chi connectivity index (χ0v) is 14.5. The molecule has 2 heterocycles. The van der Waals surface area contributed by atoms with Crippen molar-refractivity contribution in [3.8, 4) is 0 Å². The normalized spacial score (nSPS) is 11.5. The average molecular weight is 377 g/mol. The van der Waals surface area contributed by atoms with Gasteiger partial charge in [-0.05, 0) is 29.8 Å². The smallest absolute Gasteiger partial charge is 0.319 e. The molecule has 0 unspecified atom stereocenters. The Bertz CT molecular complexity index is 923. The van der Waals surface area contributed by atoms with Gasteiger partial charge in [-0.3, -0.25) is 9.78 Å². The predicted molar refractivity (Wildman–Crippen MR) is 91.0 cm³/mol. The van der Waals surface area contributed by atoms with Crippen LogP contribution in [-0.4, -0.2) is 20.3 Å². The third kappa shape index (κ3) is 4.13. The highest BCUT2D eigenvalue weighted by Gasteiger charge is 2.30. The van der Waals surface area contributed by atoms with Crippen molar-refractivity contribution < 1.29 is 18.0 Å². The highest BCUT2D eigenvalue weighted by Crippen LogP contribution is 2.34. The van der Waals surface area contributed by atoms with E-state index in [9.17, 15) is 18.0 Å². The molecule has 0 saturated heterocycles. The molecular formula is C18H14F3N3OS. The minimum Gasteiger partial charge on any atom is -0.319 e. The molecule has 0 aliphatic heterocycles. The number of rotatable bonds is 5. The van der Waals surface area contributed by atoms with E-state index in [2.05, 4.69) is 9.97 Å². The number of alkyl halides is 3. The van der Waals surface area contributed by atoms with Gasteiger partial charge in [0.2, 0.25) is 0 Å². The monoisotopic (exact) mass is 377 g/mol. The molecule has 2 aromatic heterocycles. The van der Waals surface area contributed by atoms with Gasteiger partial charge in [0.05, 0.1) is 11.8 Å². The second-order valence-electron chi connectivity index (χ2n) is 5.57. The Morgan fingerprint density at radius 2 is 2.00 bits per heavy atom. The lowest BCUT2D eigenvalue weighted by atomic mass is 10.1. The quantitative estimate of drug-likeness (QED) is 0.618. The Morgan fingerprint density at radius 1 is 1.19 bits per heavy atom. The number of aromatic nitrogens is 3. The summed E-state index contributed by atoms with van der Waals surface area (Å²) < 4.78 is 40.1. The molecule has 0 spiro atoms. The van der Waals surface area contributed by atoms with Crippen molar-refractivity contribution in [3.05, 3.63) is 71.8 Å². The van der Waals surface area contributed by atoms with Gasteiger partial charge < -0.3 is 4.57 Å².